The lowest BCUT2D eigenvalue weighted by molar-refractivity contribution is -0.307. The predicted molar refractivity (Wildman–Crippen MR) is 35.8 cm³/mol. The van der Waals surface area contributed by atoms with Crippen LogP contribution in [0.5, 0.6) is 0 Å². The molecule has 0 aliphatic heterocycles. The second-order valence-corrected chi connectivity index (χ2v) is 2.62. The van der Waals surface area contributed by atoms with Gasteiger partial charge in [-0.25, -0.2) is 0 Å². The molecule has 0 heterocycles. The highest BCUT2D eigenvalue weighted by Gasteiger charge is 1.92. The van der Waals surface area contributed by atoms with Gasteiger partial charge in [0.15, 0.2) is 0 Å². The third-order valence-electron chi connectivity index (χ3n) is 1.75. The zero-order chi connectivity index (χ0) is 6.53. The van der Waals surface area contributed by atoms with E-state index in [1.54, 1.807) is 0 Å². The fourth-order valence-electron chi connectivity index (χ4n) is 1.16. The summed E-state index contributed by atoms with van der Waals surface area (Å²) in [4.78, 5) is 0. The summed E-state index contributed by atoms with van der Waals surface area (Å²) in [5.41, 5.74) is 0. The summed E-state index contributed by atoms with van der Waals surface area (Å²) >= 11 is 0. The summed E-state index contributed by atoms with van der Waals surface area (Å²) in [7, 11) is 0. The Morgan fingerprint density at radius 3 is 2.78 bits per heavy atom. The number of rotatable bonds is 0. The van der Waals surface area contributed by atoms with Gasteiger partial charge in [-0.05, 0) is 19.3 Å². The molecule has 0 spiro atoms. The van der Waals surface area contributed by atoms with Crippen LogP contribution in [0, 0.1) is 0 Å². The Labute approximate surface area is 56.4 Å². The molecule has 0 amide bonds. The molecule has 1 heteroatoms. The minimum absolute atomic E-state index is 0.356. The van der Waals surface area contributed by atoms with E-state index in [-0.39, 0.29) is 0 Å². The largest absolute Gasteiger partial charge is 0.876 e. The predicted octanol–water partition coefficient (Wildman–Crippen LogP) is 1.58. The first kappa shape index (κ1) is 6.66. The lowest BCUT2D eigenvalue weighted by Gasteiger charge is -2.13. The maximum Gasteiger partial charge on any atom is -0.0357 e. The van der Waals surface area contributed by atoms with Gasteiger partial charge in [0.1, 0.15) is 0 Å². The fourth-order valence-corrected chi connectivity index (χ4v) is 1.16. The second-order valence-electron chi connectivity index (χ2n) is 2.62. The fraction of sp³-hybridized carbons (Fsp3) is 0.750. The van der Waals surface area contributed by atoms with Gasteiger partial charge in [-0.1, -0.05) is 25.3 Å². The normalized spacial score (nSPS) is 27.8. The Morgan fingerprint density at radius 2 is 1.89 bits per heavy atom. The standard InChI is InChI=1S/C8H14O/c9-8-6-4-2-1-3-5-7-8/h6,9H,1-5,7H2/p-1/b8-6+. The molecule has 9 heavy (non-hydrogen) atoms. The molecule has 0 atom stereocenters. The highest BCUT2D eigenvalue weighted by Crippen LogP contribution is 2.12. The molecule has 0 unspecified atom stereocenters. The molecule has 0 N–H and O–H groups in total. The van der Waals surface area contributed by atoms with E-state index >= 15 is 0 Å². The van der Waals surface area contributed by atoms with Crippen molar-refractivity contribution in [1.82, 2.24) is 0 Å². The Bertz CT molecular complexity index is 105. The number of allylic oxidation sites excluding steroid dienone is 2. The molecule has 0 saturated carbocycles. The highest BCUT2D eigenvalue weighted by molar-refractivity contribution is 4.89. The average molecular weight is 125 g/mol. The molecule has 0 aromatic heterocycles. The minimum Gasteiger partial charge on any atom is -0.876 e. The van der Waals surface area contributed by atoms with Crippen molar-refractivity contribution in [3.8, 4) is 0 Å². The molecule has 0 radical (unpaired) electrons. The van der Waals surface area contributed by atoms with E-state index in [1.807, 2.05) is 6.08 Å². The molecular weight excluding hydrogens is 112 g/mol. The number of hydrogen-bond donors (Lipinski definition) is 0. The van der Waals surface area contributed by atoms with Crippen molar-refractivity contribution in [2.24, 2.45) is 0 Å². The summed E-state index contributed by atoms with van der Waals surface area (Å²) in [6.45, 7) is 0. The van der Waals surface area contributed by atoms with E-state index in [9.17, 15) is 5.11 Å². The second kappa shape index (κ2) is 3.54. The summed E-state index contributed by atoms with van der Waals surface area (Å²) in [5.74, 6) is 0.356. The lowest BCUT2D eigenvalue weighted by atomic mass is 10.1. The van der Waals surface area contributed by atoms with Crippen LogP contribution >= 0.6 is 0 Å². The lowest BCUT2D eigenvalue weighted by Crippen LogP contribution is -2.04. The first-order valence-electron chi connectivity index (χ1n) is 3.75. The topological polar surface area (TPSA) is 23.1 Å². The van der Waals surface area contributed by atoms with Crippen molar-refractivity contribution >= 4 is 0 Å². The molecule has 1 rings (SSSR count). The van der Waals surface area contributed by atoms with Gasteiger partial charge in [-0.2, -0.15) is 0 Å². The van der Waals surface area contributed by atoms with Gasteiger partial charge < -0.3 is 5.11 Å². The van der Waals surface area contributed by atoms with Crippen LogP contribution in [0.15, 0.2) is 11.8 Å². The van der Waals surface area contributed by atoms with Gasteiger partial charge in [-0.15, -0.1) is 5.76 Å². The molecule has 1 nitrogen and oxygen atoms in total. The summed E-state index contributed by atoms with van der Waals surface area (Å²) in [6, 6.07) is 0. The van der Waals surface area contributed by atoms with E-state index in [0.717, 1.165) is 19.3 Å². The van der Waals surface area contributed by atoms with Gasteiger partial charge in [-0.3, -0.25) is 0 Å². The molecule has 1 aliphatic rings. The van der Waals surface area contributed by atoms with Crippen molar-refractivity contribution in [3.05, 3.63) is 11.8 Å². The van der Waals surface area contributed by atoms with E-state index in [1.165, 1.54) is 19.3 Å². The molecule has 0 aromatic rings. The Balaban J connectivity index is 2.32. The van der Waals surface area contributed by atoms with Crippen molar-refractivity contribution in [2.75, 3.05) is 0 Å². The van der Waals surface area contributed by atoms with Gasteiger partial charge in [0, 0.05) is 0 Å². The van der Waals surface area contributed by atoms with Crippen molar-refractivity contribution in [1.29, 1.82) is 0 Å². The quantitative estimate of drug-likeness (QED) is 0.482. The minimum atomic E-state index is 0.356. The van der Waals surface area contributed by atoms with Crippen LogP contribution < -0.4 is 5.11 Å². The van der Waals surface area contributed by atoms with Crippen LogP contribution in [0.4, 0.5) is 0 Å². The van der Waals surface area contributed by atoms with E-state index in [2.05, 4.69) is 0 Å². The Kier molecular flexibility index (Phi) is 2.62. The van der Waals surface area contributed by atoms with Gasteiger partial charge in [0.2, 0.25) is 0 Å². The smallest absolute Gasteiger partial charge is 0.0357 e. The van der Waals surface area contributed by atoms with Crippen LogP contribution in [-0.2, 0) is 0 Å². The molecule has 0 aromatic carbocycles. The molecular formula is C8H13O-. The van der Waals surface area contributed by atoms with Crippen LogP contribution in [0.25, 0.3) is 0 Å². The maximum absolute atomic E-state index is 10.8. The Hall–Kier alpha value is -0.460. The molecule has 1 aliphatic carbocycles. The first-order chi connectivity index (χ1) is 4.39. The summed E-state index contributed by atoms with van der Waals surface area (Å²) in [6.07, 6.45) is 8.53. The van der Waals surface area contributed by atoms with E-state index in [0.29, 0.717) is 5.76 Å². The molecule has 52 valence electrons. The van der Waals surface area contributed by atoms with E-state index < -0.39 is 0 Å². The van der Waals surface area contributed by atoms with Crippen LogP contribution in [0.3, 0.4) is 0 Å². The van der Waals surface area contributed by atoms with Crippen LogP contribution in [-0.4, -0.2) is 0 Å². The number of hydrogen-bond acceptors (Lipinski definition) is 1. The molecule has 0 fully saturated rings. The highest BCUT2D eigenvalue weighted by atomic mass is 16.3. The zero-order valence-corrected chi connectivity index (χ0v) is 5.73. The summed E-state index contributed by atoms with van der Waals surface area (Å²) in [5, 5.41) is 10.8. The van der Waals surface area contributed by atoms with Crippen LogP contribution in [0.1, 0.15) is 38.5 Å². The van der Waals surface area contributed by atoms with Crippen LogP contribution in [0.2, 0.25) is 0 Å². The van der Waals surface area contributed by atoms with E-state index in [4.69, 9.17) is 0 Å². The van der Waals surface area contributed by atoms with Gasteiger partial charge in [0.05, 0.1) is 0 Å². The first-order valence-corrected chi connectivity index (χ1v) is 3.75. The van der Waals surface area contributed by atoms with Crippen molar-refractivity contribution < 1.29 is 5.11 Å². The third-order valence-corrected chi connectivity index (χ3v) is 1.75. The van der Waals surface area contributed by atoms with Crippen molar-refractivity contribution in [3.63, 3.8) is 0 Å². The van der Waals surface area contributed by atoms with Gasteiger partial charge in [0.25, 0.3) is 0 Å². The van der Waals surface area contributed by atoms with Gasteiger partial charge >= 0.3 is 0 Å². The SMILES string of the molecule is [O-]/C1=C/CCCCCC1. The van der Waals surface area contributed by atoms with Crippen molar-refractivity contribution in [2.45, 2.75) is 38.5 Å². The third kappa shape index (κ3) is 2.54. The Morgan fingerprint density at radius 1 is 1.11 bits per heavy atom. The maximum atomic E-state index is 10.8. The molecule has 0 saturated heterocycles. The monoisotopic (exact) mass is 125 g/mol. The molecule has 0 bridgehead atoms. The average Bonchev–Trinajstić information content (AvgIpc) is 1.79. The zero-order valence-electron chi connectivity index (χ0n) is 5.73. The summed E-state index contributed by atoms with van der Waals surface area (Å²) < 4.78 is 0.